The van der Waals surface area contributed by atoms with Crippen LogP contribution in [0.5, 0.6) is 11.5 Å². The van der Waals surface area contributed by atoms with E-state index in [-0.39, 0.29) is 0 Å². The Morgan fingerprint density at radius 1 is 1.05 bits per heavy atom. The summed E-state index contributed by atoms with van der Waals surface area (Å²) in [5.41, 5.74) is 7.79. The highest BCUT2D eigenvalue weighted by atomic mass is 79.9. The normalized spacial score (nSPS) is 10.5. The molecule has 2 rings (SSSR count). The fourth-order valence-electron chi connectivity index (χ4n) is 2.01. The zero-order valence-corrected chi connectivity index (χ0v) is 14.9. The number of rotatable bonds is 6. The summed E-state index contributed by atoms with van der Waals surface area (Å²) >= 11 is 7.07. The van der Waals surface area contributed by atoms with Crippen LogP contribution in [0.2, 0.25) is 0 Å². The summed E-state index contributed by atoms with van der Waals surface area (Å²) < 4.78 is 13.2. The molecule has 0 aromatic heterocycles. The van der Waals surface area contributed by atoms with Crippen LogP contribution in [0.25, 0.3) is 0 Å². The Morgan fingerprint density at radius 2 is 1.86 bits per heavy atom. The van der Waals surface area contributed by atoms with Gasteiger partial charge in [0.15, 0.2) is 0 Å². The first kappa shape index (κ1) is 16.3. The lowest BCUT2D eigenvalue weighted by Gasteiger charge is -2.14. The highest BCUT2D eigenvalue weighted by Crippen LogP contribution is 2.31. The molecule has 0 saturated heterocycles. The molecule has 112 valence electrons. The van der Waals surface area contributed by atoms with E-state index in [9.17, 15) is 0 Å². The van der Waals surface area contributed by atoms with Crippen molar-refractivity contribution in [1.82, 2.24) is 0 Å². The summed E-state index contributed by atoms with van der Waals surface area (Å²) in [6.07, 6.45) is 0.786. The fraction of sp³-hybridized carbons (Fsp3) is 0.250. The molecule has 0 aliphatic rings. The SMILES string of the molecule is COc1ccc(Br)c(COc2c(Br)cccc2CCN)c1. The van der Waals surface area contributed by atoms with Crippen LogP contribution >= 0.6 is 31.9 Å². The van der Waals surface area contributed by atoms with E-state index in [4.69, 9.17) is 15.2 Å². The van der Waals surface area contributed by atoms with Crippen molar-refractivity contribution in [3.05, 3.63) is 56.5 Å². The van der Waals surface area contributed by atoms with Crippen molar-refractivity contribution < 1.29 is 9.47 Å². The van der Waals surface area contributed by atoms with Crippen molar-refractivity contribution in [2.45, 2.75) is 13.0 Å². The van der Waals surface area contributed by atoms with Crippen LogP contribution in [-0.4, -0.2) is 13.7 Å². The van der Waals surface area contributed by atoms with Crippen LogP contribution in [0.3, 0.4) is 0 Å². The Hall–Kier alpha value is -1.04. The van der Waals surface area contributed by atoms with Gasteiger partial charge in [-0.1, -0.05) is 28.1 Å². The minimum Gasteiger partial charge on any atom is -0.497 e. The third-order valence-corrected chi connectivity index (χ3v) is 4.49. The first-order valence-corrected chi connectivity index (χ1v) is 8.17. The van der Waals surface area contributed by atoms with Crippen molar-refractivity contribution in [2.24, 2.45) is 5.73 Å². The second kappa shape index (κ2) is 7.82. The minimum atomic E-state index is 0.456. The Balaban J connectivity index is 2.20. The molecule has 2 aromatic carbocycles. The molecule has 3 nitrogen and oxygen atoms in total. The monoisotopic (exact) mass is 413 g/mol. The van der Waals surface area contributed by atoms with Gasteiger partial charge in [0.05, 0.1) is 11.6 Å². The number of methoxy groups -OCH3 is 1. The maximum atomic E-state index is 6.00. The molecule has 2 aromatic rings. The standard InChI is InChI=1S/C16H17Br2NO2/c1-20-13-5-6-14(17)12(9-13)10-21-16-11(7-8-19)3-2-4-15(16)18/h2-6,9H,7-8,10,19H2,1H3. The van der Waals surface area contributed by atoms with Crippen molar-refractivity contribution >= 4 is 31.9 Å². The molecule has 0 radical (unpaired) electrons. The molecular weight excluding hydrogens is 398 g/mol. The molecule has 0 bridgehead atoms. The minimum absolute atomic E-state index is 0.456. The first-order chi connectivity index (χ1) is 10.2. The maximum absolute atomic E-state index is 6.00. The lowest BCUT2D eigenvalue weighted by Crippen LogP contribution is -2.06. The Kier molecular flexibility index (Phi) is 6.08. The highest BCUT2D eigenvalue weighted by Gasteiger charge is 2.09. The van der Waals surface area contributed by atoms with Crippen LogP contribution < -0.4 is 15.2 Å². The van der Waals surface area contributed by atoms with E-state index in [1.165, 1.54) is 0 Å². The number of benzene rings is 2. The maximum Gasteiger partial charge on any atom is 0.137 e. The van der Waals surface area contributed by atoms with Crippen LogP contribution in [-0.2, 0) is 13.0 Å². The highest BCUT2D eigenvalue weighted by molar-refractivity contribution is 9.10. The zero-order chi connectivity index (χ0) is 15.2. The van der Waals surface area contributed by atoms with Crippen molar-refractivity contribution in [3.63, 3.8) is 0 Å². The molecule has 5 heteroatoms. The van der Waals surface area contributed by atoms with Gasteiger partial charge in [-0.15, -0.1) is 0 Å². The van der Waals surface area contributed by atoms with E-state index in [0.29, 0.717) is 13.2 Å². The number of hydrogen-bond donors (Lipinski definition) is 1. The molecule has 21 heavy (non-hydrogen) atoms. The Labute approximate surface area is 141 Å². The molecule has 0 aliphatic carbocycles. The van der Waals surface area contributed by atoms with Crippen LogP contribution in [0.15, 0.2) is 45.3 Å². The lowest BCUT2D eigenvalue weighted by atomic mass is 10.1. The number of halogens is 2. The Bertz CT molecular complexity index is 617. The average molecular weight is 415 g/mol. The Morgan fingerprint density at radius 3 is 2.57 bits per heavy atom. The summed E-state index contributed by atoms with van der Waals surface area (Å²) in [5.74, 6) is 1.66. The summed E-state index contributed by atoms with van der Waals surface area (Å²) in [5, 5.41) is 0. The molecule has 0 atom stereocenters. The van der Waals surface area contributed by atoms with Gasteiger partial charge in [-0.25, -0.2) is 0 Å². The second-order valence-corrected chi connectivity index (χ2v) is 6.22. The number of nitrogens with two attached hydrogens (primary N) is 1. The predicted octanol–water partition coefficient (Wildman–Crippen LogP) is 4.30. The van der Waals surface area contributed by atoms with E-state index in [1.807, 2.05) is 36.4 Å². The van der Waals surface area contributed by atoms with Gasteiger partial charge in [-0.2, -0.15) is 0 Å². The van der Waals surface area contributed by atoms with Gasteiger partial charge in [0.1, 0.15) is 18.1 Å². The quantitative estimate of drug-likeness (QED) is 0.766. The third-order valence-electron chi connectivity index (χ3n) is 3.09. The molecule has 0 saturated carbocycles. The lowest BCUT2D eigenvalue weighted by molar-refractivity contribution is 0.299. The third kappa shape index (κ3) is 4.22. The molecule has 0 amide bonds. The molecule has 0 aliphatic heterocycles. The van der Waals surface area contributed by atoms with Gasteiger partial charge in [0.2, 0.25) is 0 Å². The first-order valence-electron chi connectivity index (χ1n) is 6.58. The average Bonchev–Trinajstić information content (AvgIpc) is 2.48. The largest absolute Gasteiger partial charge is 0.497 e. The number of hydrogen-bond acceptors (Lipinski definition) is 3. The van der Waals surface area contributed by atoms with E-state index < -0.39 is 0 Å². The summed E-state index contributed by atoms with van der Waals surface area (Å²) in [4.78, 5) is 0. The fourth-order valence-corrected chi connectivity index (χ4v) is 2.89. The van der Waals surface area contributed by atoms with E-state index in [0.717, 1.165) is 38.0 Å². The van der Waals surface area contributed by atoms with Crippen LogP contribution in [0.4, 0.5) is 0 Å². The molecule has 0 spiro atoms. The van der Waals surface area contributed by atoms with Crippen LogP contribution in [0.1, 0.15) is 11.1 Å². The van der Waals surface area contributed by atoms with Crippen molar-refractivity contribution in [2.75, 3.05) is 13.7 Å². The molecule has 0 heterocycles. The van der Waals surface area contributed by atoms with Gasteiger partial charge in [-0.05, 0) is 58.7 Å². The van der Waals surface area contributed by atoms with Crippen molar-refractivity contribution in [3.8, 4) is 11.5 Å². The summed E-state index contributed by atoms with van der Waals surface area (Å²) in [6.45, 7) is 1.05. The van der Waals surface area contributed by atoms with Gasteiger partial charge in [0.25, 0.3) is 0 Å². The van der Waals surface area contributed by atoms with Gasteiger partial charge >= 0.3 is 0 Å². The van der Waals surface area contributed by atoms with E-state index in [1.54, 1.807) is 7.11 Å². The van der Waals surface area contributed by atoms with Gasteiger partial charge < -0.3 is 15.2 Å². The zero-order valence-electron chi connectivity index (χ0n) is 11.7. The van der Waals surface area contributed by atoms with Gasteiger partial charge in [0, 0.05) is 10.0 Å². The molecule has 0 unspecified atom stereocenters. The van der Waals surface area contributed by atoms with Crippen molar-refractivity contribution in [1.29, 1.82) is 0 Å². The second-order valence-electron chi connectivity index (χ2n) is 4.51. The van der Waals surface area contributed by atoms with Crippen LogP contribution in [0, 0.1) is 0 Å². The summed E-state index contributed by atoms with van der Waals surface area (Å²) in [7, 11) is 1.65. The number of para-hydroxylation sites is 1. The van der Waals surface area contributed by atoms with Gasteiger partial charge in [-0.3, -0.25) is 0 Å². The smallest absolute Gasteiger partial charge is 0.137 e. The topological polar surface area (TPSA) is 44.5 Å². The number of ether oxygens (including phenoxy) is 2. The van der Waals surface area contributed by atoms with E-state index in [2.05, 4.69) is 31.9 Å². The molecule has 0 fully saturated rings. The molecular formula is C16H17Br2NO2. The van der Waals surface area contributed by atoms with E-state index >= 15 is 0 Å². The molecule has 2 N–H and O–H groups in total. The summed E-state index contributed by atoms with van der Waals surface area (Å²) in [6, 6.07) is 11.8. The predicted molar refractivity (Wildman–Crippen MR) is 91.9 cm³/mol.